The van der Waals surface area contributed by atoms with Gasteiger partial charge in [0.15, 0.2) is 5.96 Å². The SMILES string of the molecule is C=CCNC(=NC)NCC(C)(C)c1ccc(C)cc1. The molecule has 0 aromatic heterocycles. The highest BCUT2D eigenvalue weighted by molar-refractivity contribution is 5.79. The summed E-state index contributed by atoms with van der Waals surface area (Å²) in [5.74, 6) is 0.806. The Labute approximate surface area is 116 Å². The molecule has 0 saturated carbocycles. The number of nitrogens with zero attached hydrogens (tertiary/aromatic N) is 1. The summed E-state index contributed by atoms with van der Waals surface area (Å²) < 4.78 is 0. The van der Waals surface area contributed by atoms with E-state index in [9.17, 15) is 0 Å². The number of nitrogens with one attached hydrogen (secondary N) is 2. The quantitative estimate of drug-likeness (QED) is 0.484. The minimum absolute atomic E-state index is 0.0551. The van der Waals surface area contributed by atoms with Crippen LogP contribution < -0.4 is 10.6 Å². The van der Waals surface area contributed by atoms with Crippen LogP contribution in [0.25, 0.3) is 0 Å². The van der Waals surface area contributed by atoms with Crippen LogP contribution in [0, 0.1) is 6.92 Å². The summed E-state index contributed by atoms with van der Waals surface area (Å²) >= 11 is 0. The van der Waals surface area contributed by atoms with Gasteiger partial charge < -0.3 is 10.6 Å². The van der Waals surface area contributed by atoms with E-state index >= 15 is 0 Å². The van der Waals surface area contributed by atoms with Crippen LogP contribution >= 0.6 is 0 Å². The molecule has 0 heterocycles. The van der Waals surface area contributed by atoms with Crippen LogP contribution in [0.1, 0.15) is 25.0 Å². The molecule has 19 heavy (non-hydrogen) atoms. The molecule has 0 unspecified atom stereocenters. The van der Waals surface area contributed by atoms with Gasteiger partial charge in [0.25, 0.3) is 0 Å². The van der Waals surface area contributed by atoms with Gasteiger partial charge in [-0.2, -0.15) is 0 Å². The molecule has 0 aliphatic heterocycles. The summed E-state index contributed by atoms with van der Waals surface area (Å²) in [6.45, 7) is 11.8. The standard InChI is InChI=1S/C16H25N3/c1-6-11-18-15(17-5)19-12-16(3,4)14-9-7-13(2)8-10-14/h6-10H,1,11-12H2,2-5H3,(H2,17,18,19). The third-order valence-corrected chi connectivity index (χ3v) is 3.17. The van der Waals surface area contributed by atoms with Crippen molar-refractivity contribution in [3.8, 4) is 0 Å². The smallest absolute Gasteiger partial charge is 0.191 e. The third kappa shape index (κ3) is 4.78. The van der Waals surface area contributed by atoms with Crippen LogP contribution in [0.2, 0.25) is 0 Å². The van der Waals surface area contributed by atoms with Crippen molar-refractivity contribution < 1.29 is 0 Å². The molecule has 1 aromatic carbocycles. The summed E-state index contributed by atoms with van der Waals surface area (Å²) in [5, 5.41) is 6.52. The van der Waals surface area contributed by atoms with Gasteiger partial charge >= 0.3 is 0 Å². The third-order valence-electron chi connectivity index (χ3n) is 3.17. The fourth-order valence-corrected chi connectivity index (χ4v) is 1.80. The van der Waals surface area contributed by atoms with E-state index in [0.717, 1.165) is 12.5 Å². The second kappa shape index (κ2) is 6.98. The Kier molecular flexibility index (Phi) is 5.61. The van der Waals surface area contributed by atoms with Gasteiger partial charge in [-0.15, -0.1) is 6.58 Å². The van der Waals surface area contributed by atoms with E-state index < -0.39 is 0 Å². The molecular formula is C16H25N3. The van der Waals surface area contributed by atoms with Crippen molar-refractivity contribution in [3.05, 3.63) is 48.0 Å². The van der Waals surface area contributed by atoms with E-state index in [4.69, 9.17) is 0 Å². The first-order valence-electron chi connectivity index (χ1n) is 6.62. The normalized spacial score (nSPS) is 12.1. The van der Waals surface area contributed by atoms with Crippen LogP contribution in [-0.2, 0) is 5.41 Å². The maximum atomic E-state index is 4.18. The van der Waals surface area contributed by atoms with Crippen molar-refractivity contribution in [2.24, 2.45) is 4.99 Å². The largest absolute Gasteiger partial charge is 0.356 e. The lowest BCUT2D eigenvalue weighted by Gasteiger charge is -2.26. The van der Waals surface area contributed by atoms with E-state index in [-0.39, 0.29) is 5.41 Å². The summed E-state index contributed by atoms with van der Waals surface area (Å²) in [5.41, 5.74) is 2.67. The molecule has 0 bridgehead atoms. The van der Waals surface area contributed by atoms with Crippen molar-refractivity contribution in [1.29, 1.82) is 0 Å². The van der Waals surface area contributed by atoms with Crippen molar-refractivity contribution in [1.82, 2.24) is 10.6 Å². The second-order valence-electron chi connectivity index (χ2n) is 5.35. The van der Waals surface area contributed by atoms with Crippen molar-refractivity contribution in [2.45, 2.75) is 26.2 Å². The molecule has 1 rings (SSSR count). The Morgan fingerprint density at radius 3 is 2.42 bits per heavy atom. The summed E-state index contributed by atoms with van der Waals surface area (Å²) in [7, 11) is 1.78. The molecule has 0 aliphatic rings. The average molecular weight is 259 g/mol. The minimum Gasteiger partial charge on any atom is -0.356 e. The van der Waals surface area contributed by atoms with Crippen molar-refractivity contribution in [3.63, 3.8) is 0 Å². The first kappa shape index (κ1) is 15.3. The highest BCUT2D eigenvalue weighted by Gasteiger charge is 2.20. The van der Waals surface area contributed by atoms with E-state index in [2.05, 4.69) is 67.2 Å². The Morgan fingerprint density at radius 1 is 1.26 bits per heavy atom. The van der Waals surface area contributed by atoms with Gasteiger partial charge in [-0.25, -0.2) is 0 Å². The van der Waals surface area contributed by atoms with Gasteiger partial charge in [-0.05, 0) is 12.5 Å². The van der Waals surface area contributed by atoms with E-state index in [1.807, 2.05) is 6.08 Å². The Balaban J connectivity index is 2.63. The number of guanidine groups is 1. The van der Waals surface area contributed by atoms with Crippen LogP contribution in [-0.4, -0.2) is 26.1 Å². The zero-order chi connectivity index (χ0) is 14.3. The molecule has 0 radical (unpaired) electrons. The Hall–Kier alpha value is -1.77. The van der Waals surface area contributed by atoms with Crippen molar-refractivity contribution in [2.75, 3.05) is 20.1 Å². The van der Waals surface area contributed by atoms with E-state index in [1.54, 1.807) is 7.05 Å². The molecule has 0 saturated heterocycles. The van der Waals surface area contributed by atoms with E-state index in [1.165, 1.54) is 11.1 Å². The zero-order valence-electron chi connectivity index (χ0n) is 12.5. The predicted molar refractivity (Wildman–Crippen MR) is 83.8 cm³/mol. The lowest BCUT2D eigenvalue weighted by atomic mass is 9.84. The Bertz CT molecular complexity index is 430. The molecule has 0 amide bonds. The minimum atomic E-state index is 0.0551. The van der Waals surface area contributed by atoms with Crippen LogP contribution in [0.3, 0.4) is 0 Å². The molecular weight excluding hydrogens is 234 g/mol. The summed E-state index contributed by atoms with van der Waals surface area (Å²) in [4.78, 5) is 4.18. The van der Waals surface area contributed by atoms with Gasteiger partial charge in [-0.1, -0.05) is 49.8 Å². The number of benzene rings is 1. The lowest BCUT2D eigenvalue weighted by molar-refractivity contribution is 0.509. The summed E-state index contributed by atoms with van der Waals surface area (Å²) in [6, 6.07) is 8.69. The van der Waals surface area contributed by atoms with Gasteiger partial charge in [0, 0.05) is 25.6 Å². The predicted octanol–water partition coefficient (Wildman–Crippen LogP) is 2.62. The monoisotopic (exact) mass is 259 g/mol. The van der Waals surface area contributed by atoms with Gasteiger partial charge in [0.05, 0.1) is 0 Å². The summed E-state index contributed by atoms with van der Waals surface area (Å²) in [6.07, 6.45) is 1.82. The molecule has 0 aliphatic carbocycles. The van der Waals surface area contributed by atoms with Crippen LogP contribution in [0.5, 0.6) is 0 Å². The Morgan fingerprint density at radius 2 is 1.89 bits per heavy atom. The number of aryl methyl sites for hydroxylation is 1. The van der Waals surface area contributed by atoms with Gasteiger partial charge in [0.1, 0.15) is 0 Å². The highest BCUT2D eigenvalue weighted by Crippen LogP contribution is 2.22. The fourth-order valence-electron chi connectivity index (χ4n) is 1.80. The maximum absolute atomic E-state index is 4.18. The van der Waals surface area contributed by atoms with Gasteiger partial charge in [0.2, 0.25) is 0 Å². The highest BCUT2D eigenvalue weighted by atomic mass is 15.2. The molecule has 1 aromatic rings. The molecule has 3 heteroatoms. The first-order chi connectivity index (χ1) is 8.99. The van der Waals surface area contributed by atoms with Crippen LogP contribution in [0.4, 0.5) is 0 Å². The molecule has 3 nitrogen and oxygen atoms in total. The number of rotatable bonds is 5. The molecule has 104 valence electrons. The second-order valence-corrected chi connectivity index (χ2v) is 5.35. The van der Waals surface area contributed by atoms with Crippen molar-refractivity contribution >= 4 is 5.96 Å². The van der Waals surface area contributed by atoms with Gasteiger partial charge in [-0.3, -0.25) is 4.99 Å². The zero-order valence-corrected chi connectivity index (χ0v) is 12.5. The molecule has 2 N–H and O–H groups in total. The topological polar surface area (TPSA) is 36.4 Å². The number of aliphatic imine (C=N–C) groups is 1. The number of hydrogen-bond donors (Lipinski definition) is 2. The average Bonchev–Trinajstić information content (AvgIpc) is 2.39. The number of hydrogen-bond acceptors (Lipinski definition) is 1. The molecule has 0 spiro atoms. The molecule has 0 atom stereocenters. The fraction of sp³-hybridized carbons (Fsp3) is 0.438. The van der Waals surface area contributed by atoms with E-state index in [0.29, 0.717) is 6.54 Å². The lowest BCUT2D eigenvalue weighted by Crippen LogP contribution is -2.43. The van der Waals surface area contributed by atoms with Crippen LogP contribution in [0.15, 0.2) is 41.9 Å². The maximum Gasteiger partial charge on any atom is 0.191 e. The first-order valence-corrected chi connectivity index (χ1v) is 6.62. The molecule has 0 fully saturated rings.